The minimum atomic E-state index is -0.461. The van der Waals surface area contributed by atoms with Crippen molar-refractivity contribution in [1.29, 1.82) is 0 Å². The number of benzene rings is 2. The zero-order chi connectivity index (χ0) is 19.6. The highest BCUT2D eigenvalue weighted by atomic mass is 32.2. The zero-order valence-electron chi connectivity index (χ0n) is 15.0. The lowest BCUT2D eigenvalue weighted by molar-refractivity contribution is -0.121. The Hall–Kier alpha value is -2.64. The molecule has 7 heteroatoms. The quantitative estimate of drug-likeness (QED) is 0.335. The predicted molar refractivity (Wildman–Crippen MR) is 110 cm³/mol. The molecule has 1 aliphatic heterocycles. The molecule has 2 aromatic rings. The van der Waals surface area contributed by atoms with Gasteiger partial charge in [-0.05, 0) is 42.8 Å². The summed E-state index contributed by atoms with van der Waals surface area (Å²) in [6.45, 7) is 1.91. The van der Waals surface area contributed by atoms with Gasteiger partial charge in [-0.1, -0.05) is 47.7 Å². The average molecular weight is 399 g/mol. The summed E-state index contributed by atoms with van der Waals surface area (Å²) >= 11 is 6.38. The van der Waals surface area contributed by atoms with Crippen molar-refractivity contribution in [2.75, 3.05) is 14.2 Å². The molecule has 1 aliphatic rings. The lowest BCUT2D eigenvalue weighted by Crippen LogP contribution is -2.22. The van der Waals surface area contributed by atoms with Gasteiger partial charge in [0.1, 0.15) is 4.32 Å². The molecule has 0 radical (unpaired) electrons. The van der Waals surface area contributed by atoms with Gasteiger partial charge in [0.05, 0.1) is 17.6 Å². The van der Waals surface area contributed by atoms with E-state index in [2.05, 4.69) is 0 Å². The van der Waals surface area contributed by atoms with Gasteiger partial charge in [0.25, 0.3) is 5.91 Å². The normalized spacial score (nSPS) is 15.4. The third-order valence-electron chi connectivity index (χ3n) is 3.93. The number of nitrogens with zero attached hydrogens (tertiary/aromatic N) is 1. The third-order valence-corrected chi connectivity index (χ3v) is 5.41. The van der Waals surface area contributed by atoms with Crippen molar-refractivity contribution in [3.8, 4) is 11.5 Å². The molecule has 0 unspecified atom stereocenters. The summed E-state index contributed by atoms with van der Waals surface area (Å²) in [6.07, 6.45) is 1.73. The number of ether oxygens (including phenoxy) is 2. The Morgan fingerprint density at radius 3 is 2.59 bits per heavy atom. The number of hydrogen-bond donors (Lipinski definition) is 0. The molecular weight excluding hydrogens is 382 g/mol. The molecule has 1 saturated heterocycles. The van der Waals surface area contributed by atoms with Gasteiger partial charge >= 0.3 is 5.97 Å². The summed E-state index contributed by atoms with van der Waals surface area (Å²) in [6, 6.07) is 12.3. The second-order valence-corrected chi connectivity index (χ2v) is 7.59. The molecule has 0 aromatic heterocycles. The smallest absolute Gasteiger partial charge is 0.343 e. The van der Waals surface area contributed by atoms with E-state index in [9.17, 15) is 9.59 Å². The molecule has 1 amide bonds. The maximum absolute atomic E-state index is 12.4. The van der Waals surface area contributed by atoms with E-state index >= 15 is 0 Å². The van der Waals surface area contributed by atoms with Crippen LogP contribution in [0.2, 0.25) is 0 Å². The Morgan fingerprint density at radius 2 is 1.96 bits per heavy atom. The van der Waals surface area contributed by atoms with Crippen LogP contribution in [0.25, 0.3) is 6.08 Å². The van der Waals surface area contributed by atoms with Crippen LogP contribution in [0, 0.1) is 6.92 Å². The van der Waals surface area contributed by atoms with Crippen molar-refractivity contribution in [3.05, 3.63) is 64.1 Å². The first-order chi connectivity index (χ1) is 12.9. The van der Waals surface area contributed by atoms with E-state index in [1.54, 1.807) is 49.5 Å². The van der Waals surface area contributed by atoms with Crippen LogP contribution in [0.3, 0.4) is 0 Å². The van der Waals surface area contributed by atoms with Crippen molar-refractivity contribution in [2.45, 2.75) is 6.92 Å². The van der Waals surface area contributed by atoms with E-state index in [-0.39, 0.29) is 5.91 Å². The average Bonchev–Trinajstić information content (AvgIpc) is 2.89. The minimum absolute atomic E-state index is 0.140. The summed E-state index contributed by atoms with van der Waals surface area (Å²) in [5, 5.41) is 0. The molecule has 138 valence electrons. The first-order valence-corrected chi connectivity index (χ1v) is 9.30. The molecule has 2 aromatic carbocycles. The predicted octanol–water partition coefficient (Wildman–Crippen LogP) is 4.05. The third kappa shape index (κ3) is 4.20. The van der Waals surface area contributed by atoms with E-state index in [1.165, 1.54) is 23.8 Å². The van der Waals surface area contributed by atoms with Crippen LogP contribution < -0.4 is 9.47 Å². The molecule has 5 nitrogen and oxygen atoms in total. The molecule has 0 saturated carbocycles. The number of amides is 1. The molecule has 1 heterocycles. The number of methoxy groups -OCH3 is 1. The first-order valence-electron chi connectivity index (χ1n) is 8.07. The molecule has 1 fully saturated rings. The largest absolute Gasteiger partial charge is 0.493 e. The molecule has 27 heavy (non-hydrogen) atoms. The Bertz CT molecular complexity index is 968. The Morgan fingerprint density at radius 1 is 1.19 bits per heavy atom. The van der Waals surface area contributed by atoms with Crippen LogP contribution in [0.4, 0.5) is 0 Å². The van der Waals surface area contributed by atoms with Crippen LogP contribution in [-0.2, 0) is 4.79 Å². The van der Waals surface area contributed by atoms with Gasteiger partial charge in [0, 0.05) is 7.05 Å². The summed E-state index contributed by atoms with van der Waals surface area (Å²) < 4.78 is 11.3. The van der Waals surface area contributed by atoms with Crippen LogP contribution in [0.15, 0.2) is 47.4 Å². The fourth-order valence-corrected chi connectivity index (χ4v) is 3.67. The maximum Gasteiger partial charge on any atom is 0.343 e. The standard InChI is InChI=1S/C20H17NO4S2/c1-12-5-4-6-14(9-12)19(23)25-15-8-7-13(10-16(15)24-3)11-17-18(22)21(2)20(26)27-17/h4-11H,1-3H3. The molecule has 3 rings (SSSR count). The first kappa shape index (κ1) is 19.1. The van der Waals surface area contributed by atoms with Crippen molar-refractivity contribution < 1.29 is 19.1 Å². The van der Waals surface area contributed by atoms with Crippen molar-refractivity contribution >= 4 is 46.3 Å². The number of carbonyl (C=O) groups excluding carboxylic acids is 2. The fraction of sp³-hybridized carbons (Fsp3) is 0.150. The number of thioether (sulfide) groups is 1. The Labute approximate surface area is 167 Å². The highest BCUT2D eigenvalue weighted by Gasteiger charge is 2.28. The van der Waals surface area contributed by atoms with Crippen molar-refractivity contribution in [1.82, 2.24) is 4.90 Å². The van der Waals surface area contributed by atoms with Gasteiger partial charge in [-0.15, -0.1) is 0 Å². The number of hydrogen-bond acceptors (Lipinski definition) is 6. The topological polar surface area (TPSA) is 55.8 Å². The van der Waals surface area contributed by atoms with E-state index in [1.807, 2.05) is 13.0 Å². The summed E-state index contributed by atoms with van der Waals surface area (Å²) in [4.78, 5) is 26.4. The van der Waals surface area contributed by atoms with Gasteiger partial charge in [-0.3, -0.25) is 9.69 Å². The van der Waals surface area contributed by atoms with E-state index in [4.69, 9.17) is 21.7 Å². The number of likely N-dealkylation sites (N-methyl/N-ethyl adjacent to an activating group) is 1. The van der Waals surface area contributed by atoms with Gasteiger partial charge in [0.15, 0.2) is 11.5 Å². The van der Waals surface area contributed by atoms with Gasteiger partial charge in [0.2, 0.25) is 0 Å². The van der Waals surface area contributed by atoms with Gasteiger partial charge < -0.3 is 9.47 Å². The highest BCUT2D eigenvalue weighted by Crippen LogP contribution is 2.34. The molecule has 0 atom stereocenters. The minimum Gasteiger partial charge on any atom is -0.493 e. The lowest BCUT2D eigenvalue weighted by atomic mass is 10.1. The zero-order valence-corrected chi connectivity index (χ0v) is 16.6. The van der Waals surface area contributed by atoms with E-state index in [0.29, 0.717) is 26.3 Å². The van der Waals surface area contributed by atoms with Crippen LogP contribution >= 0.6 is 24.0 Å². The fourth-order valence-electron chi connectivity index (χ4n) is 2.49. The summed E-state index contributed by atoms with van der Waals surface area (Å²) in [5.41, 5.74) is 2.18. The molecule has 0 spiro atoms. The molecule has 0 aliphatic carbocycles. The lowest BCUT2D eigenvalue weighted by Gasteiger charge is -2.10. The Balaban J connectivity index is 1.84. The number of thiocarbonyl (C=S) groups is 1. The number of rotatable bonds is 4. The maximum atomic E-state index is 12.4. The summed E-state index contributed by atoms with van der Waals surface area (Å²) in [7, 11) is 3.14. The molecule has 0 bridgehead atoms. The van der Waals surface area contributed by atoms with Crippen LogP contribution in [-0.4, -0.2) is 35.3 Å². The Kier molecular flexibility index (Phi) is 5.62. The van der Waals surface area contributed by atoms with E-state index in [0.717, 1.165) is 11.1 Å². The van der Waals surface area contributed by atoms with Crippen molar-refractivity contribution in [3.63, 3.8) is 0 Å². The van der Waals surface area contributed by atoms with Gasteiger partial charge in [-0.25, -0.2) is 4.79 Å². The second kappa shape index (κ2) is 7.94. The number of aryl methyl sites for hydroxylation is 1. The monoisotopic (exact) mass is 399 g/mol. The van der Waals surface area contributed by atoms with Crippen LogP contribution in [0.5, 0.6) is 11.5 Å². The SMILES string of the molecule is COc1cc(C=C2SC(=S)N(C)C2=O)ccc1OC(=O)c1cccc(C)c1. The van der Waals surface area contributed by atoms with Crippen molar-refractivity contribution in [2.24, 2.45) is 0 Å². The molecular formula is C20H17NO4S2. The number of carbonyl (C=O) groups is 2. The highest BCUT2D eigenvalue weighted by molar-refractivity contribution is 8.26. The number of esters is 1. The van der Waals surface area contributed by atoms with E-state index < -0.39 is 5.97 Å². The summed E-state index contributed by atoms with van der Waals surface area (Å²) in [5.74, 6) is 0.108. The second-order valence-electron chi connectivity index (χ2n) is 5.91. The van der Waals surface area contributed by atoms with Crippen LogP contribution in [0.1, 0.15) is 21.5 Å². The van der Waals surface area contributed by atoms with Gasteiger partial charge in [-0.2, -0.15) is 0 Å². The molecule has 0 N–H and O–H groups in total.